The van der Waals surface area contributed by atoms with Gasteiger partial charge in [-0.1, -0.05) is 42.5 Å². The van der Waals surface area contributed by atoms with Gasteiger partial charge in [0.05, 0.1) is 11.5 Å². The number of amides is 1. The quantitative estimate of drug-likeness (QED) is 0.678. The Morgan fingerprint density at radius 1 is 1.13 bits per heavy atom. The molecule has 2 atom stereocenters. The van der Waals surface area contributed by atoms with E-state index < -0.39 is 16.4 Å². The molecule has 2 aromatic carbocycles. The first-order valence-electron chi connectivity index (χ1n) is 10.8. The molecule has 2 N–H and O–H groups in total. The molecule has 4 rings (SSSR count). The molecule has 160 valence electrons. The summed E-state index contributed by atoms with van der Waals surface area (Å²) in [6.45, 7) is 5.04. The van der Waals surface area contributed by atoms with Crippen molar-refractivity contribution in [3.05, 3.63) is 65.2 Å². The summed E-state index contributed by atoms with van der Waals surface area (Å²) in [6, 6.07) is 16.3. The Hall–Kier alpha value is -2.18. The Bertz CT molecular complexity index is 921. The zero-order valence-corrected chi connectivity index (χ0v) is 18.6. The molecule has 0 bridgehead atoms. The molecule has 1 amide bonds. The fourth-order valence-corrected chi connectivity index (χ4v) is 4.93. The fourth-order valence-electron chi connectivity index (χ4n) is 4.40. The van der Waals surface area contributed by atoms with E-state index in [0.717, 1.165) is 54.9 Å². The lowest BCUT2D eigenvalue weighted by molar-refractivity contribution is -0.124. The molecule has 2 aliphatic rings. The minimum atomic E-state index is -1.15. The standard InChI is InChI=1S/C24H31N3O2S/c1-18-10-11-20(16-21(18)26-30(2)29)24(12-13-24)23(28)25-22(17-27-14-6-7-15-27)19-8-4-3-5-9-19/h3-5,8-11,16,22,26H,6-7,12-15,17H2,1-2H3,(H,25,28). The van der Waals surface area contributed by atoms with Crippen molar-refractivity contribution >= 4 is 22.6 Å². The predicted molar refractivity (Wildman–Crippen MR) is 123 cm³/mol. The molecular weight excluding hydrogens is 394 g/mol. The van der Waals surface area contributed by atoms with E-state index in [2.05, 4.69) is 27.1 Å². The minimum absolute atomic E-state index is 0.0135. The first kappa shape index (κ1) is 21.1. The van der Waals surface area contributed by atoms with E-state index in [4.69, 9.17) is 0 Å². The average molecular weight is 426 g/mol. The number of hydrogen-bond donors (Lipinski definition) is 2. The second-order valence-corrected chi connectivity index (χ2v) is 9.72. The maximum absolute atomic E-state index is 13.5. The first-order chi connectivity index (χ1) is 14.5. The van der Waals surface area contributed by atoms with Gasteiger partial charge in [0.25, 0.3) is 0 Å². The Balaban J connectivity index is 1.55. The van der Waals surface area contributed by atoms with Crippen LogP contribution in [-0.2, 0) is 21.2 Å². The van der Waals surface area contributed by atoms with Gasteiger partial charge in [-0.3, -0.25) is 4.79 Å². The van der Waals surface area contributed by atoms with E-state index in [0.29, 0.717) is 0 Å². The lowest BCUT2D eigenvalue weighted by Crippen LogP contribution is -2.41. The van der Waals surface area contributed by atoms with Crippen LogP contribution in [0.4, 0.5) is 5.69 Å². The molecule has 1 heterocycles. The highest BCUT2D eigenvalue weighted by atomic mass is 32.2. The lowest BCUT2D eigenvalue weighted by atomic mass is 9.92. The van der Waals surface area contributed by atoms with Crippen molar-refractivity contribution < 1.29 is 9.00 Å². The van der Waals surface area contributed by atoms with Gasteiger partial charge >= 0.3 is 0 Å². The van der Waals surface area contributed by atoms with E-state index in [1.807, 2.05) is 43.3 Å². The van der Waals surface area contributed by atoms with Crippen molar-refractivity contribution in [1.82, 2.24) is 10.2 Å². The van der Waals surface area contributed by atoms with Crippen LogP contribution in [0, 0.1) is 6.92 Å². The molecule has 1 saturated carbocycles. The summed E-state index contributed by atoms with van der Waals surface area (Å²) in [7, 11) is -1.15. The van der Waals surface area contributed by atoms with Crippen LogP contribution in [0.5, 0.6) is 0 Å². The third-order valence-electron chi connectivity index (χ3n) is 6.38. The molecule has 0 spiro atoms. The highest BCUT2D eigenvalue weighted by molar-refractivity contribution is 7.85. The van der Waals surface area contributed by atoms with Crippen LogP contribution in [-0.4, -0.2) is 40.9 Å². The summed E-state index contributed by atoms with van der Waals surface area (Å²) in [5, 5.41) is 3.38. The molecule has 1 aliphatic carbocycles. The first-order valence-corrected chi connectivity index (χ1v) is 12.3. The molecule has 6 heteroatoms. The highest BCUT2D eigenvalue weighted by Crippen LogP contribution is 2.49. The van der Waals surface area contributed by atoms with Crippen LogP contribution in [0.2, 0.25) is 0 Å². The lowest BCUT2D eigenvalue weighted by Gasteiger charge is -2.27. The number of carbonyl (C=O) groups is 1. The van der Waals surface area contributed by atoms with Gasteiger partial charge in [0, 0.05) is 18.5 Å². The maximum atomic E-state index is 13.5. The number of hydrogen-bond acceptors (Lipinski definition) is 3. The molecule has 30 heavy (non-hydrogen) atoms. The van der Waals surface area contributed by atoms with Crippen molar-refractivity contribution in [1.29, 1.82) is 0 Å². The topological polar surface area (TPSA) is 61.4 Å². The molecule has 1 saturated heterocycles. The predicted octanol–water partition coefficient (Wildman–Crippen LogP) is 3.69. The smallest absolute Gasteiger partial charge is 0.231 e. The van der Waals surface area contributed by atoms with Gasteiger partial charge in [0.2, 0.25) is 5.91 Å². The van der Waals surface area contributed by atoms with E-state index >= 15 is 0 Å². The maximum Gasteiger partial charge on any atom is 0.231 e. The number of nitrogens with one attached hydrogen (secondary N) is 2. The summed E-state index contributed by atoms with van der Waals surface area (Å²) in [6.07, 6.45) is 5.78. The summed E-state index contributed by atoms with van der Waals surface area (Å²) in [5.74, 6) is 0.1000. The monoisotopic (exact) mass is 425 g/mol. The summed E-state index contributed by atoms with van der Waals surface area (Å²) in [5.41, 5.74) is 3.55. The van der Waals surface area contributed by atoms with E-state index in [1.54, 1.807) is 6.26 Å². The molecule has 5 nitrogen and oxygen atoms in total. The molecule has 2 fully saturated rings. The van der Waals surface area contributed by atoms with Crippen molar-refractivity contribution in [2.75, 3.05) is 30.6 Å². The second kappa shape index (κ2) is 8.90. The molecule has 0 aromatic heterocycles. The number of aryl methyl sites for hydroxylation is 1. The molecular formula is C24H31N3O2S. The van der Waals surface area contributed by atoms with Gasteiger partial charge in [-0.15, -0.1) is 0 Å². The number of nitrogens with zero attached hydrogens (tertiary/aromatic N) is 1. The van der Waals surface area contributed by atoms with Gasteiger partial charge < -0.3 is 14.9 Å². The average Bonchev–Trinajstić information content (AvgIpc) is 3.39. The Labute approximate surface area is 181 Å². The molecule has 2 aromatic rings. The van der Waals surface area contributed by atoms with Gasteiger partial charge in [-0.2, -0.15) is 0 Å². The summed E-state index contributed by atoms with van der Waals surface area (Å²) < 4.78 is 14.7. The SMILES string of the molecule is Cc1ccc(C2(C(=O)NC(CN3CCCC3)c3ccccc3)CC2)cc1NS(C)=O. The van der Waals surface area contributed by atoms with E-state index in [9.17, 15) is 9.00 Å². The Kier molecular flexibility index (Phi) is 6.25. The second-order valence-electron chi connectivity index (χ2n) is 8.61. The van der Waals surface area contributed by atoms with Crippen molar-refractivity contribution in [2.45, 2.75) is 44.1 Å². The molecule has 0 radical (unpaired) electrons. The number of benzene rings is 2. The molecule has 1 aliphatic heterocycles. The number of rotatable bonds is 8. The van der Waals surface area contributed by atoms with Crippen LogP contribution >= 0.6 is 0 Å². The molecule has 2 unspecified atom stereocenters. The minimum Gasteiger partial charge on any atom is -0.347 e. The Morgan fingerprint density at radius 3 is 2.47 bits per heavy atom. The van der Waals surface area contributed by atoms with Gasteiger partial charge in [-0.05, 0) is 68.5 Å². The summed E-state index contributed by atoms with van der Waals surface area (Å²) in [4.78, 5) is 15.9. The third kappa shape index (κ3) is 4.60. The van der Waals surface area contributed by atoms with Crippen LogP contribution < -0.4 is 10.0 Å². The zero-order valence-electron chi connectivity index (χ0n) is 17.8. The van der Waals surface area contributed by atoms with Gasteiger partial charge in [0.1, 0.15) is 11.0 Å². The third-order valence-corrected chi connectivity index (χ3v) is 6.88. The van der Waals surface area contributed by atoms with Crippen molar-refractivity contribution in [3.63, 3.8) is 0 Å². The van der Waals surface area contributed by atoms with Gasteiger partial charge in [0.15, 0.2) is 0 Å². The zero-order chi connectivity index (χ0) is 21.1. The Morgan fingerprint density at radius 2 is 1.83 bits per heavy atom. The largest absolute Gasteiger partial charge is 0.347 e. The number of carbonyl (C=O) groups excluding carboxylic acids is 1. The van der Waals surface area contributed by atoms with Crippen LogP contribution in [0.25, 0.3) is 0 Å². The normalized spacial score (nSPS) is 19.8. The highest BCUT2D eigenvalue weighted by Gasteiger charge is 2.51. The van der Waals surface area contributed by atoms with E-state index in [-0.39, 0.29) is 11.9 Å². The number of likely N-dealkylation sites (tertiary alicyclic amines) is 1. The van der Waals surface area contributed by atoms with E-state index in [1.165, 1.54) is 12.8 Å². The van der Waals surface area contributed by atoms with Gasteiger partial charge in [-0.25, -0.2) is 4.21 Å². The van der Waals surface area contributed by atoms with Crippen LogP contribution in [0.15, 0.2) is 48.5 Å². The number of anilines is 1. The van der Waals surface area contributed by atoms with Crippen LogP contribution in [0.1, 0.15) is 48.4 Å². The fraction of sp³-hybridized carbons (Fsp3) is 0.458. The van der Waals surface area contributed by atoms with Crippen LogP contribution in [0.3, 0.4) is 0 Å². The summed E-state index contributed by atoms with van der Waals surface area (Å²) >= 11 is 0. The van der Waals surface area contributed by atoms with Crippen molar-refractivity contribution in [2.24, 2.45) is 0 Å². The van der Waals surface area contributed by atoms with Crippen molar-refractivity contribution in [3.8, 4) is 0 Å².